The summed E-state index contributed by atoms with van der Waals surface area (Å²) in [6, 6.07) is 6.68. The topological polar surface area (TPSA) is 66.4 Å². The monoisotopic (exact) mass is 311 g/mol. The molecule has 2 unspecified atom stereocenters. The van der Waals surface area contributed by atoms with Crippen LogP contribution in [0.15, 0.2) is 24.3 Å². The van der Waals surface area contributed by atoms with Gasteiger partial charge in [0, 0.05) is 11.4 Å². The Bertz CT molecular complexity index is 485. The summed E-state index contributed by atoms with van der Waals surface area (Å²) in [5.74, 6) is -1.23. The molecule has 0 aliphatic rings. The standard InChI is InChI=1S/C16H22ClNO3/c1-10(2)15(16(20)21)18-14(19)9-11(3)8-12-4-6-13(17)7-5-12/h4-7,10-11,15H,8-9H2,1-3H3,(H,18,19)(H,20,21). The van der Waals surface area contributed by atoms with Gasteiger partial charge in [0.15, 0.2) is 0 Å². The molecule has 4 nitrogen and oxygen atoms in total. The van der Waals surface area contributed by atoms with Crippen molar-refractivity contribution in [2.75, 3.05) is 0 Å². The van der Waals surface area contributed by atoms with Crippen molar-refractivity contribution in [1.82, 2.24) is 5.32 Å². The Morgan fingerprint density at radius 2 is 1.76 bits per heavy atom. The van der Waals surface area contributed by atoms with E-state index in [-0.39, 0.29) is 17.7 Å². The van der Waals surface area contributed by atoms with Crippen LogP contribution in [0.1, 0.15) is 32.8 Å². The second-order valence-electron chi connectivity index (χ2n) is 5.77. The molecule has 0 aliphatic heterocycles. The number of amides is 1. The second-order valence-corrected chi connectivity index (χ2v) is 6.20. The van der Waals surface area contributed by atoms with E-state index in [4.69, 9.17) is 16.7 Å². The zero-order valence-electron chi connectivity index (χ0n) is 12.6. The number of carbonyl (C=O) groups excluding carboxylic acids is 1. The molecule has 1 aromatic rings. The van der Waals surface area contributed by atoms with Crippen LogP contribution in [0.2, 0.25) is 5.02 Å². The number of carbonyl (C=O) groups is 2. The van der Waals surface area contributed by atoms with E-state index in [9.17, 15) is 9.59 Å². The first-order valence-electron chi connectivity index (χ1n) is 7.06. The average molecular weight is 312 g/mol. The van der Waals surface area contributed by atoms with E-state index in [1.165, 1.54) is 0 Å². The summed E-state index contributed by atoms with van der Waals surface area (Å²) < 4.78 is 0. The summed E-state index contributed by atoms with van der Waals surface area (Å²) in [4.78, 5) is 23.0. The Morgan fingerprint density at radius 1 is 1.19 bits per heavy atom. The van der Waals surface area contributed by atoms with Crippen LogP contribution in [0.25, 0.3) is 0 Å². The minimum Gasteiger partial charge on any atom is -0.480 e. The molecule has 0 bridgehead atoms. The van der Waals surface area contributed by atoms with Crippen LogP contribution in [-0.2, 0) is 16.0 Å². The molecular formula is C16H22ClNO3. The van der Waals surface area contributed by atoms with Gasteiger partial charge in [0.05, 0.1) is 0 Å². The number of hydrogen-bond donors (Lipinski definition) is 2. The highest BCUT2D eigenvalue weighted by molar-refractivity contribution is 6.30. The Hall–Kier alpha value is -1.55. The van der Waals surface area contributed by atoms with Crippen LogP contribution < -0.4 is 5.32 Å². The van der Waals surface area contributed by atoms with Gasteiger partial charge < -0.3 is 10.4 Å². The third-order valence-electron chi connectivity index (χ3n) is 3.28. The fourth-order valence-electron chi connectivity index (χ4n) is 2.16. The molecule has 1 aromatic carbocycles. The van der Waals surface area contributed by atoms with Gasteiger partial charge in [-0.2, -0.15) is 0 Å². The lowest BCUT2D eigenvalue weighted by Gasteiger charge is -2.19. The van der Waals surface area contributed by atoms with Crippen LogP contribution >= 0.6 is 11.6 Å². The molecule has 5 heteroatoms. The zero-order valence-corrected chi connectivity index (χ0v) is 13.4. The van der Waals surface area contributed by atoms with Crippen molar-refractivity contribution in [3.05, 3.63) is 34.9 Å². The van der Waals surface area contributed by atoms with Gasteiger partial charge in [0.2, 0.25) is 5.91 Å². The summed E-state index contributed by atoms with van der Waals surface area (Å²) in [7, 11) is 0. The van der Waals surface area contributed by atoms with Crippen molar-refractivity contribution in [1.29, 1.82) is 0 Å². The molecule has 0 saturated carbocycles. The Morgan fingerprint density at radius 3 is 2.24 bits per heavy atom. The molecule has 0 fully saturated rings. The van der Waals surface area contributed by atoms with Gasteiger partial charge in [0.1, 0.15) is 6.04 Å². The Kier molecular flexibility index (Phi) is 6.69. The van der Waals surface area contributed by atoms with E-state index in [2.05, 4.69) is 5.32 Å². The van der Waals surface area contributed by atoms with Crippen LogP contribution in [0.3, 0.4) is 0 Å². The second kappa shape index (κ2) is 8.03. The van der Waals surface area contributed by atoms with Gasteiger partial charge in [-0.25, -0.2) is 4.79 Å². The summed E-state index contributed by atoms with van der Waals surface area (Å²) in [6.45, 7) is 5.52. The van der Waals surface area contributed by atoms with E-state index in [1.807, 2.05) is 31.2 Å². The minimum atomic E-state index is -0.997. The first-order valence-corrected chi connectivity index (χ1v) is 7.44. The average Bonchev–Trinajstić information content (AvgIpc) is 2.38. The van der Waals surface area contributed by atoms with E-state index in [1.54, 1.807) is 13.8 Å². The van der Waals surface area contributed by atoms with Crippen molar-refractivity contribution in [3.8, 4) is 0 Å². The molecule has 21 heavy (non-hydrogen) atoms. The summed E-state index contributed by atoms with van der Waals surface area (Å²) >= 11 is 5.83. The fourth-order valence-corrected chi connectivity index (χ4v) is 2.28. The number of carboxylic acids is 1. The first kappa shape index (κ1) is 17.5. The Labute approximate surface area is 130 Å². The third-order valence-corrected chi connectivity index (χ3v) is 3.53. The molecule has 2 atom stereocenters. The van der Waals surface area contributed by atoms with Gasteiger partial charge in [-0.1, -0.05) is 44.5 Å². The number of nitrogens with one attached hydrogen (secondary N) is 1. The first-order chi connectivity index (χ1) is 9.79. The lowest BCUT2D eigenvalue weighted by Crippen LogP contribution is -2.44. The number of rotatable bonds is 7. The smallest absolute Gasteiger partial charge is 0.326 e. The molecule has 116 valence electrons. The minimum absolute atomic E-state index is 0.132. The van der Waals surface area contributed by atoms with Crippen molar-refractivity contribution in [2.24, 2.45) is 11.8 Å². The zero-order chi connectivity index (χ0) is 16.0. The highest BCUT2D eigenvalue weighted by atomic mass is 35.5. The number of hydrogen-bond acceptors (Lipinski definition) is 2. The van der Waals surface area contributed by atoms with Crippen LogP contribution in [-0.4, -0.2) is 23.0 Å². The number of halogens is 1. The van der Waals surface area contributed by atoms with E-state index in [0.717, 1.165) is 12.0 Å². The maximum Gasteiger partial charge on any atom is 0.326 e. The molecule has 1 rings (SSSR count). The van der Waals surface area contributed by atoms with Gasteiger partial charge in [0.25, 0.3) is 0 Å². The third kappa shape index (κ3) is 6.17. The van der Waals surface area contributed by atoms with E-state index in [0.29, 0.717) is 11.4 Å². The normalized spacial score (nSPS) is 13.8. The molecule has 0 radical (unpaired) electrons. The van der Waals surface area contributed by atoms with Crippen molar-refractivity contribution in [2.45, 2.75) is 39.7 Å². The van der Waals surface area contributed by atoms with E-state index >= 15 is 0 Å². The van der Waals surface area contributed by atoms with Crippen molar-refractivity contribution < 1.29 is 14.7 Å². The molecule has 0 heterocycles. The van der Waals surface area contributed by atoms with Crippen molar-refractivity contribution >= 4 is 23.5 Å². The molecular weight excluding hydrogens is 290 g/mol. The van der Waals surface area contributed by atoms with Gasteiger partial charge in [-0.15, -0.1) is 0 Å². The van der Waals surface area contributed by atoms with Crippen LogP contribution in [0.4, 0.5) is 0 Å². The fraction of sp³-hybridized carbons (Fsp3) is 0.500. The molecule has 0 saturated heterocycles. The number of carboxylic acid groups (broad SMARTS) is 1. The molecule has 2 N–H and O–H groups in total. The number of aliphatic carboxylic acids is 1. The largest absolute Gasteiger partial charge is 0.480 e. The number of benzene rings is 1. The summed E-state index contributed by atoms with van der Waals surface area (Å²) in [5, 5.41) is 12.3. The lowest BCUT2D eigenvalue weighted by atomic mass is 9.97. The SMILES string of the molecule is CC(CC(=O)NC(C(=O)O)C(C)C)Cc1ccc(Cl)cc1. The highest BCUT2D eigenvalue weighted by Crippen LogP contribution is 2.15. The molecule has 0 spiro atoms. The van der Waals surface area contributed by atoms with Crippen molar-refractivity contribution in [3.63, 3.8) is 0 Å². The molecule has 1 amide bonds. The quantitative estimate of drug-likeness (QED) is 0.813. The van der Waals surface area contributed by atoms with Crippen LogP contribution in [0, 0.1) is 11.8 Å². The van der Waals surface area contributed by atoms with Gasteiger partial charge in [-0.3, -0.25) is 4.79 Å². The van der Waals surface area contributed by atoms with Gasteiger partial charge in [-0.05, 0) is 36.0 Å². The lowest BCUT2D eigenvalue weighted by molar-refractivity contribution is -0.143. The van der Waals surface area contributed by atoms with E-state index < -0.39 is 12.0 Å². The Balaban J connectivity index is 2.50. The summed E-state index contributed by atoms with van der Waals surface area (Å²) in [5.41, 5.74) is 1.11. The van der Waals surface area contributed by atoms with Gasteiger partial charge >= 0.3 is 5.97 Å². The maximum atomic E-state index is 11.9. The van der Waals surface area contributed by atoms with Crippen LogP contribution in [0.5, 0.6) is 0 Å². The maximum absolute atomic E-state index is 11.9. The summed E-state index contributed by atoms with van der Waals surface area (Å²) in [6.07, 6.45) is 1.06. The molecule has 0 aromatic heterocycles. The molecule has 0 aliphatic carbocycles. The highest BCUT2D eigenvalue weighted by Gasteiger charge is 2.23. The predicted molar refractivity (Wildman–Crippen MR) is 83.3 cm³/mol. The predicted octanol–water partition coefficient (Wildman–Crippen LogP) is 3.13.